The third kappa shape index (κ3) is 9.19. The molecule has 0 aromatic carbocycles. The first kappa shape index (κ1) is 32.7. The Balaban J connectivity index is 1.14. The van der Waals surface area contributed by atoms with E-state index in [-0.39, 0.29) is 6.29 Å². The fourth-order valence-electron chi connectivity index (χ4n) is 5.56. The van der Waals surface area contributed by atoms with Crippen molar-refractivity contribution in [3.05, 3.63) is 47.9 Å². The van der Waals surface area contributed by atoms with E-state index in [9.17, 15) is 0 Å². The smallest absolute Gasteiger partial charge is 0.215 e. The van der Waals surface area contributed by atoms with Crippen LogP contribution in [0.25, 0.3) is 11.0 Å². The van der Waals surface area contributed by atoms with Crippen LogP contribution in [0.5, 0.6) is 5.75 Å². The van der Waals surface area contributed by atoms with E-state index in [4.69, 9.17) is 23.9 Å². The standard InChI is InChI=1S/C33H45N7O4SSi/c1-46(2,3)17-16-41-23-40(33-39-38-32(45-33)24-8-4-5-9-24)30-12-11-28-29(37-30)19-26(21-35-28)36-25-18-27(22-34-20-25)42-14-15-44-31-10-6-7-13-43-31/h11-12,18-22,24,31,36H,4-10,13-17,23H2,1-3H3. The molecule has 6 rings (SSSR count). The molecule has 13 heteroatoms. The lowest BCUT2D eigenvalue weighted by atomic mass is 10.1. The second kappa shape index (κ2) is 15.6. The van der Waals surface area contributed by atoms with E-state index in [1.807, 2.05) is 29.2 Å². The molecule has 2 fully saturated rings. The molecule has 4 aromatic rings. The highest BCUT2D eigenvalue weighted by molar-refractivity contribution is 7.15. The van der Waals surface area contributed by atoms with E-state index in [1.165, 1.54) is 25.7 Å². The van der Waals surface area contributed by atoms with Gasteiger partial charge in [0.1, 0.15) is 29.9 Å². The summed E-state index contributed by atoms with van der Waals surface area (Å²) in [5.74, 6) is 1.92. The van der Waals surface area contributed by atoms with Crippen LogP contribution in [-0.4, -0.2) is 72.7 Å². The molecule has 5 heterocycles. The number of aromatic nitrogens is 5. The van der Waals surface area contributed by atoms with Crippen molar-refractivity contribution in [2.24, 2.45) is 0 Å². The van der Waals surface area contributed by atoms with E-state index in [0.717, 1.165) is 70.3 Å². The fourth-order valence-corrected chi connectivity index (χ4v) is 7.32. The van der Waals surface area contributed by atoms with E-state index in [1.54, 1.807) is 29.9 Å². The molecule has 0 radical (unpaired) electrons. The van der Waals surface area contributed by atoms with Crippen LogP contribution in [-0.2, 0) is 14.2 Å². The highest BCUT2D eigenvalue weighted by Crippen LogP contribution is 2.38. The van der Waals surface area contributed by atoms with E-state index in [0.29, 0.717) is 38.2 Å². The third-order valence-corrected chi connectivity index (χ3v) is 11.0. The van der Waals surface area contributed by atoms with Crippen LogP contribution in [0.1, 0.15) is 55.9 Å². The minimum Gasteiger partial charge on any atom is -0.489 e. The second-order valence-corrected chi connectivity index (χ2v) is 19.8. The molecular formula is C33H45N7O4SSi. The van der Waals surface area contributed by atoms with Crippen molar-refractivity contribution in [1.29, 1.82) is 0 Å². The summed E-state index contributed by atoms with van der Waals surface area (Å²) in [4.78, 5) is 16.1. The van der Waals surface area contributed by atoms with Crippen LogP contribution < -0.4 is 15.0 Å². The number of pyridine rings is 3. The predicted molar refractivity (Wildman–Crippen MR) is 184 cm³/mol. The first-order valence-corrected chi connectivity index (χ1v) is 21.0. The maximum atomic E-state index is 6.21. The number of hydrogen-bond acceptors (Lipinski definition) is 12. The normalized spacial score (nSPS) is 17.4. The van der Waals surface area contributed by atoms with E-state index < -0.39 is 8.07 Å². The Morgan fingerprint density at radius 1 is 0.935 bits per heavy atom. The molecule has 11 nitrogen and oxygen atoms in total. The summed E-state index contributed by atoms with van der Waals surface area (Å²) in [6, 6.07) is 8.97. The van der Waals surface area contributed by atoms with Gasteiger partial charge in [0.15, 0.2) is 6.29 Å². The molecular weight excluding hydrogens is 619 g/mol. The summed E-state index contributed by atoms with van der Waals surface area (Å²) in [5.41, 5.74) is 3.15. The molecule has 0 spiro atoms. The monoisotopic (exact) mass is 663 g/mol. The molecule has 4 aromatic heterocycles. The van der Waals surface area contributed by atoms with Crippen LogP contribution in [0.4, 0.5) is 22.3 Å². The molecule has 0 bridgehead atoms. The number of hydrogen-bond donors (Lipinski definition) is 1. The summed E-state index contributed by atoms with van der Waals surface area (Å²) >= 11 is 1.65. The van der Waals surface area contributed by atoms with Gasteiger partial charge in [-0.1, -0.05) is 43.8 Å². The lowest BCUT2D eigenvalue weighted by Gasteiger charge is -2.22. The molecule has 2 aliphatic rings. The second-order valence-electron chi connectivity index (χ2n) is 13.2. The molecule has 46 heavy (non-hydrogen) atoms. The van der Waals surface area contributed by atoms with Crippen molar-refractivity contribution in [3.63, 3.8) is 0 Å². The molecule has 1 N–H and O–H groups in total. The highest BCUT2D eigenvalue weighted by atomic mass is 32.1. The van der Waals surface area contributed by atoms with Gasteiger partial charge in [0.25, 0.3) is 0 Å². The van der Waals surface area contributed by atoms with Crippen LogP contribution >= 0.6 is 11.3 Å². The molecule has 1 aliphatic heterocycles. The third-order valence-electron chi connectivity index (χ3n) is 8.18. The van der Waals surface area contributed by atoms with Gasteiger partial charge < -0.3 is 24.3 Å². The minimum atomic E-state index is -1.22. The Hall–Kier alpha value is -3.23. The molecule has 246 valence electrons. The van der Waals surface area contributed by atoms with Crippen LogP contribution in [0, 0.1) is 0 Å². The van der Waals surface area contributed by atoms with Gasteiger partial charge in [0, 0.05) is 33.3 Å². The van der Waals surface area contributed by atoms with Crippen LogP contribution in [0.2, 0.25) is 25.7 Å². The Morgan fingerprint density at radius 2 is 1.78 bits per heavy atom. The maximum absolute atomic E-state index is 6.21. The summed E-state index contributed by atoms with van der Waals surface area (Å²) in [7, 11) is -1.22. The topological polar surface area (TPSA) is 117 Å². The van der Waals surface area contributed by atoms with Gasteiger partial charge in [-0.05, 0) is 56.3 Å². The molecule has 1 atom stereocenters. The Bertz CT molecular complexity index is 1560. The Morgan fingerprint density at radius 3 is 2.61 bits per heavy atom. The van der Waals surface area contributed by atoms with E-state index >= 15 is 0 Å². The first-order chi connectivity index (χ1) is 22.4. The van der Waals surface area contributed by atoms with Crippen molar-refractivity contribution in [3.8, 4) is 5.75 Å². The first-order valence-electron chi connectivity index (χ1n) is 16.4. The van der Waals surface area contributed by atoms with Crippen molar-refractivity contribution in [1.82, 2.24) is 25.1 Å². The largest absolute Gasteiger partial charge is 0.489 e. The molecule has 1 saturated carbocycles. The zero-order valence-corrected chi connectivity index (χ0v) is 28.9. The average molecular weight is 664 g/mol. The van der Waals surface area contributed by atoms with Crippen molar-refractivity contribution in [2.75, 3.05) is 43.4 Å². The number of nitrogens with one attached hydrogen (secondary N) is 1. The SMILES string of the molecule is C[Si](C)(C)CCOCN(c1ccc2ncc(Nc3cncc(OCCOC4CCCCO4)c3)cc2n1)c1nnc(C2CCCC2)s1. The molecule has 1 aliphatic carbocycles. The maximum Gasteiger partial charge on any atom is 0.215 e. The quantitative estimate of drug-likeness (QED) is 0.0768. The average Bonchev–Trinajstić information content (AvgIpc) is 3.76. The molecule has 0 amide bonds. The van der Waals surface area contributed by atoms with Crippen LogP contribution in [0.15, 0.2) is 42.9 Å². The Kier molecular flexibility index (Phi) is 11.1. The molecule has 1 unspecified atom stereocenters. The number of fused-ring (bicyclic) bond motifs is 1. The predicted octanol–water partition coefficient (Wildman–Crippen LogP) is 7.65. The summed E-state index contributed by atoms with van der Waals surface area (Å²) in [5, 5.41) is 14.5. The van der Waals surface area contributed by atoms with Gasteiger partial charge in [-0.15, -0.1) is 10.2 Å². The zero-order valence-electron chi connectivity index (χ0n) is 27.1. The minimum absolute atomic E-state index is 0.125. The summed E-state index contributed by atoms with van der Waals surface area (Å²) < 4.78 is 23.5. The molecule has 1 saturated heterocycles. The Labute approximate surface area is 276 Å². The summed E-state index contributed by atoms with van der Waals surface area (Å²) in [6.45, 7) is 9.80. The number of anilines is 4. The lowest BCUT2D eigenvalue weighted by Crippen LogP contribution is -2.26. The number of rotatable bonds is 15. The summed E-state index contributed by atoms with van der Waals surface area (Å²) in [6.07, 6.45) is 13.2. The highest BCUT2D eigenvalue weighted by Gasteiger charge is 2.24. The van der Waals surface area contributed by atoms with E-state index in [2.05, 4.69) is 45.1 Å². The van der Waals surface area contributed by atoms with Gasteiger partial charge >= 0.3 is 0 Å². The zero-order chi connectivity index (χ0) is 31.8. The van der Waals surface area contributed by atoms with Crippen molar-refractivity contribution in [2.45, 2.75) is 82.8 Å². The van der Waals surface area contributed by atoms with Gasteiger partial charge in [0.05, 0.1) is 47.6 Å². The number of nitrogens with zero attached hydrogens (tertiary/aromatic N) is 6. The van der Waals surface area contributed by atoms with Crippen molar-refractivity contribution >= 4 is 52.8 Å². The lowest BCUT2D eigenvalue weighted by molar-refractivity contribution is -0.165. The van der Waals surface area contributed by atoms with Crippen LogP contribution in [0.3, 0.4) is 0 Å². The fraction of sp³-hybridized carbons (Fsp3) is 0.545. The van der Waals surface area contributed by atoms with Gasteiger partial charge in [-0.2, -0.15) is 0 Å². The van der Waals surface area contributed by atoms with Crippen molar-refractivity contribution < 1.29 is 18.9 Å². The van der Waals surface area contributed by atoms with Gasteiger partial charge in [-0.25, -0.2) is 4.98 Å². The number of ether oxygens (including phenoxy) is 4. The van der Waals surface area contributed by atoms with Gasteiger partial charge in [-0.3, -0.25) is 14.9 Å². The van der Waals surface area contributed by atoms with Gasteiger partial charge in [0.2, 0.25) is 5.13 Å².